The van der Waals surface area contributed by atoms with E-state index in [-0.39, 0.29) is 18.4 Å². The minimum absolute atomic E-state index is 0.112. The molecule has 2 N–H and O–H groups in total. The van der Waals surface area contributed by atoms with E-state index in [2.05, 4.69) is 10.5 Å². The van der Waals surface area contributed by atoms with E-state index >= 15 is 0 Å². The smallest absolute Gasteiger partial charge is 0.236 e. The molecule has 0 aromatic carbocycles. The molecule has 0 atom stereocenters. The van der Waals surface area contributed by atoms with Crippen LogP contribution in [0.1, 0.15) is 31.9 Å². The van der Waals surface area contributed by atoms with E-state index < -0.39 is 0 Å². The van der Waals surface area contributed by atoms with Crippen LogP contribution in [0.2, 0.25) is 0 Å². The van der Waals surface area contributed by atoms with Crippen LogP contribution >= 0.6 is 11.8 Å². The monoisotopic (exact) mass is 258 g/mol. The van der Waals surface area contributed by atoms with Gasteiger partial charge in [0.15, 0.2) is 0 Å². The number of nitrogens with zero attached hydrogens (tertiary/aromatic N) is 1. The Labute approximate surface area is 105 Å². The summed E-state index contributed by atoms with van der Waals surface area (Å²) in [6.07, 6.45) is 0.706. The molecule has 0 fully saturated rings. The van der Waals surface area contributed by atoms with E-state index in [1.165, 1.54) is 11.8 Å². The second kappa shape index (κ2) is 7.34. The van der Waals surface area contributed by atoms with E-state index in [0.717, 1.165) is 11.4 Å². The van der Waals surface area contributed by atoms with Crippen LogP contribution in [0.4, 0.5) is 5.88 Å². The summed E-state index contributed by atoms with van der Waals surface area (Å²) in [5, 5.41) is 15.1. The summed E-state index contributed by atoms with van der Waals surface area (Å²) in [5.74, 6) is 1.69. The standard InChI is InChI=1S/C11H18N2O3S/c1-8(2)9-6-11(16-13-9)12-10(15)7-17-5-3-4-14/h6,8,14H,3-5,7H2,1-2H3,(H,12,15). The molecule has 0 aliphatic rings. The third-order valence-corrected chi connectivity index (χ3v) is 3.11. The summed E-state index contributed by atoms with van der Waals surface area (Å²) in [6.45, 7) is 4.18. The first kappa shape index (κ1) is 14.1. The first-order chi connectivity index (χ1) is 8.13. The average Bonchev–Trinajstić information content (AvgIpc) is 2.73. The van der Waals surface area contributed by atoms with Crippen LogP contribution in [0, 0.1) is 0 Å². The van der Waals surface area contributed by atoms with Gasteiger partial charge in [0, 0.05) is 12.7 Å². The lowest BCUT2D eigenvalue weighted by Crippen LogP contribution is -2.13. The van der Waals surface area contributed by atoms with Crippen molar-refractivity contribution >= 4 is 23.6 Å². The molecule has 0 aliphatic carbocycles. The number of carbonyl (C=O) groups excluding carboxylic acids is 1. The number of aliphatic hydroxyl groups is 1. The van der Waals surface area contributed by atoms with Crippen molar-refractivity contribution in [1.29, 1.82) is 0 Å². The summed E-state index contributed by atoms with van der Waals surface area (Å²) < 4.78 is 4.99. The Hall–Kier alpha value is -1.01. The van der Waals surface area contributed by atoms with Crippen molar-refractivity contribution in [2.45, 2.75) is 26.2 Å². The summed E-state index contributed by atoms with van der Waals surface area (Å²) in [4.78, 5) is 11.5. The highest BCUT2D eigenvalue weighted by Gasteiger charge is 2.10. The van der Waals surface area contributed by atoms with Gasteiger partial charge in [0.2, 0.25) is 11.8 Å². The summed E-state index contributed by atoms with van der Waals surface area (Å²) in [6, 6.07) is 1.74. The van der Waals surface area contributed by atoms with Gasteiger partial charge in [-0.1, -0.05) is 19.0 Å². The Morgan fingerprint density at radius 2 is 2.41 bits per heavy atom. The first-order valence-corrected chi connectivity index (χ1v) is 6.74. The zero-order valence-corrected chi connectivity index (χ0v) is 10.9. The molecular formula is C11H18N2O3S. The van der Waals surface area contributed by atoms with Gasteiger partial charge in [0.25, 0.3) is 0 Å². The highest BCUT2D eigenvalue weighted by molar-refractivity contribution is 7.99. The zero-order valence-electron chi connectivity index (χ0n) is 10.1. The van der Waals surface area contributed by atoms with E-state index in [4.69, 9.17) is 9.63 Å². The van der Waals surface area contributed by atoms with Gasteiger partial charge in [-0.15, -0.1) is 0 Å². The van der Waals surface area contributed by atoms with Crippen molar-refractivity contribution in [3.05, 3.63) is 11.8 Å². The lowest BCUT2D eigenvalue weighted by Gasteiger charge is -2.00. The number of anilines is 1. The van der Waals surface area contributed by atoms with Crippen LogP contribution < -0.4 is 5.32 Å². The summed E-state index contributed by atoms with van der Waals surface area (Å²) in [7, 11) is 0. The normalized spacial score (nSPS) is 10.8. The van der Waals surface area contributed by atoms with Gasteiger partial charge in [-0.3, -0.25) is 10.1 Å². The molecule has 0 aliphatic heterocycles. The second-order valence-corrected chi connectivity index (χ2v) is 5.05. The van der Waals surface area contributed by atoms with Gasteiger partial charge in [0.1, 0.15) is 0 Å². The maximum Gasteiger partial charge on any atom is 0.236 e. The highest BCUT2D eigenvalue weighted by Crippen LogP contribution is 2.17. The molecule has 0 spiro atoms. The molecule has 96 valence electrons. The predicted molar refractivity (Wildman–Crippen MR) is 68.2 cm³/mol. The van der Waals surface area contributed by atoms with Crippen LogP contribution in [0.5, 0.6) is 0 Å². The molecule has 5 nitrogen and oxygen atoms in total. The topological polar surface area (TPSA) is 75.4 Å². The van der Waals surface area contributed by atoms with E-state index in [1.807, 2.05) is 13.8 Å². The number of thioether (sulfide) groups is 1. The van der Waals surface area contributed by atoms with Gasteiger partial charge in [-0.25, -0.2) is 0 Å². The van der Waals surface area contributed by atoms with Crippen molar-refractivity contribution in [3.8, 4) is 0 Å². The van der Waals surface area contributed by atoms with Gasteiger partial charge in [0.05, 0.1) is 11.4 Å². The molecule has 17 heavy (non-hydrogen) atoms. The van der Waals surface area contributed by atoms with Crippen LogP contribution in [-0.2, 0) is 4.79 Å². The van der Waals surface area contributed by atoms with Gasteiger partial charge >= 0.3 is 0 Å². The second-order valence-electron chi connectivity index (χ2n) is 3.95. The number of carbonyl (C=O) groups is 1. The molecule has 0 bridgehead atoms. The van der Waals surface area contributed by atoms with Gasteiger partial charge in [-0.2, -0.15) is 11.8 Å². The van der Waals surface area contributed by atoms with Crippen molar-refractivity contribution in [2.75, 3.05) is 23.4 Å². The quantitative estimate of drug-likeness (QED) is 0.730. The molecule has 0 radical (unpaired) electrons. The number of rotatable bonds is 7. The number of amides is 1. The highest BCUT2D eigenvalue weighted by atomic mass is 32.2. The van der Waals surface area contributed by atoms with Crippen LogP contribution in [0.25, 0.3) is 0 Å². The van der Waals surface area contributed by atoms with Crippen molar-refractivity contribution < 1.29 is 14.4 Å². The Bertz CT molecular complexity index is 352. The lowest BCUT2D eigenvalue weighted by atomic mass is 10.1. The number of aliphatic hydroxyl groups excluding tert-OH is 1. The van der Waals surface area contributed by atoms with Crippen molar-refractivity contribution in [2.24, 2.45) is 0 Å². The molecule has 1 rings (SSSR count). The lowest BCUT2D eigenvalue weighted by molar-refractivity contribution is -0.113. The fraction of sp³-hybridized carbons (Fsp3) is 0.636. The molecule has 1 aromatic heterocycles. The predicted octanol–water partition coefficient (Wildman–Crippen LogP) is 1.85. The number of hydrogen-bond donors (Lipinski definition) is 2. The van der Waals surface area contributed by atoms with Crippen molar-refractivity contribution in [1.82, 2.24) is 5.16 Å². The third-order valence-electron chi connectivity index (χ3n) is 2.06. The Morgan fingerprint density at radius 1 is 1.65 bits per heavy atom. The third kappa shape index (κ3) is 5.23. The number of nitrogens with one attached hydrogen (secondary N) is 1. The molecule has 1 heterocycles. The molecule has 0 saturated carbocycles. The van der Waals surface area contributed by atoms with E-state index in [0.29, 0.717) is 18.1 Å². The molecule has 1 aromatic rings. The molecule has 6 heteroatoms. The fourth-order valence-electron chi connectivity index (χ4n) is 1.12. The fourth-order valence-corrected chi connectivity index (χ4v) is 1.86. The number of aromatic nitrogens is 1. The van der Waals surface area contributed by atoms with Crippen LogP contribution in [0.15, 0.2) is 10.6 Å². The number of hydrogen-bond acceptors (Lipinski definition) is 5. The SMILES string of the molecule is CC(C)c1cc(NC(=O)CSCCCO)on1. The largest absolute Gasteiger partial charge is 0.396 e. The average molecular weight is 258 g/mol. The minimum Gasteiger partial charge on any atom is -0.396 e. The van der Waals surface area contributed by atoms with Crippen LogP contribution in [0.3, 0.4) is 0 Å². The Balaban J connectivity index is 2.29. The van der Waals surface area contributed by atoms with Crippen LogP contribution in [-0.4, -0.2) is 34.3 Å². The molecule has 0 saturated heterocycles. The molecular weight excluding hydrogens is 240 g/mol. The van der Waals surface area contributed by atoms with Gasteiger partial charge < -0.3 is 9.63 Å². The Morgan fingerprint density at radius 3 is 3.00 bits per heavy atom. The van der Waals surface area contributed by atoms with E-state index in [1.54, 1.807) is 6.07 Å². The van der Waals surface area contributed by atoms with Gasteiger partial charge in [-0.05, 0) is 18.1 Å². The first-order valence-electron chi connectivity index (χ1n) is 5.58. The molecule has 1 amide bonds. The molecule has 0 unspecified atom stereocenters. The van der Waals surface area contributed by atoms with E-state index in [9.17, 15) is 4.79 Å². The summed E-state index contributed by atoms with van der Waals surface area (Å²) in [5.41, 5.74) is 0.827. The summed E-state index contributed by atoms with van der Waals surface area (Å²) >= 11 is 1.48. The maximum atomic E-state index is 11.5. The maximum absolute atomic E-state index is 11.5. The Kier molecular flexibility index (Phi) is 6.07. The minimum atomic E-state index is -0.112. The van der Waals surface area contributed by atoms with Crippen molar-refractivity contribution in [3.63, 3.8) is 0 Å². The zero-order chi connectivity index (χ0) is 12.7.